The van der Waals surface area contributed by atoms with Gasteiger partial charge in [-0.3, -0.25) is 4.79 Å². The van der Waals surface area contributed by atoms with Crippen molar-refractivity contribution in [2.24, 2.45) is 5.92 Å². The van der Waals surface area contributed by atoms with Crippen LogP contribution in [0.2, 0.25) is 0 Å². The largest absolute Gasteiger partial charge is 0.506 e. The fraction of sp³-hybridized carbons (Fsp3) is 0.176. The van der Waals surface area contributed by atoms with E-state index in [1.54, 1.807) is 0 Å². The average Bonchev–Trinajstić information content (AvgIpc) is 2.55. The van der Waals surface area contributed by atoms with Crippen molar-refractivity contribution in [2.45, 2.75) is 6.42 Å². The molecule has 0 fully saturated rings. The highest BCUT2D eigenvalue weighted by atomic mass is 32.1. The number of nitrogens with one attached hydrogen (secondary N) is 1. The third-order valence-corrected chi connectivity index (χ3v) is 3.86. The molecule has 120 valence electrons. The minimum Gasteiger partial charge on any atom is -0.506 e. The van der Waals surface area contributed by atoms with Gasteiger partial charge in [-0.25, -0.2) is 4.79 Å². The van der Waals surface area contributed by atoms with Crippen LogP contribution in [0.25, 0.3) is 0 Å². The number of aromatic hydroxyl groups is 1. The maximum atomic E-state index is 12.4. The molecule has 0 aliphatic rings. The van der Waals surface area contributed by atoms with Crippen molar-refractivity contribution in [1.82, 2.24) is 0 Å². The van der Waals surface area contributed by atoms with Crippen LogP contribution >= 0.6 is 12.6 Å². The smallest absolute Gasteiger partial charge is 0.335 e. The third-order valence-electron chi connectivity index (χ3n) is 3.42. The second kappa shape index (κ2) is 7.69. The molecule has 1 atom stereocenters. The Kier molecular flexibility index (Phi) is 5.65. The van der Waals surface area contributed by atoms with E-state index in [0.29, 0.717) is 12.2 Å². The van der Waals surface area contributed by atoms with Crippen molar-refractivity contribution in [3.05, 3.63) is 59.7 Å². The van der Waals surface area contributed by atoms with Crippen molar-refractivity contribution < 1.29 is 19.8 Å². The number of phenols is 1. The van der Waals surface area contributed by atoms with Gasteiger partial charge in [0.05, 0.1) is 17.2 Å². The predicted molar refractivity (Wildman–Crippen MR) is 91.2 cm³/mol. The summed E-state index contributed by atoms with van der Waals surface area (Å²) in [5.41, 5.74) is 1.07. The lowest BCUT2D eigenvalue weighted by atomic mass is 10.00. The van der Waals surface area contributed by atoms with Crippen LogP contribution in [0.4, 0.5) is 5.69 Å². The van der Waals surface area contributed by atoms with E-state index in [4.69, 9.17) is 5.11 Å². The first kappa shape index (κ1) is 16.9. The lowest BCUT2D eigenvalue weighted by Crippen LogP contribution is -2.26. The van der Waals surface area contributed by atoms with E-state index in [-0.39, 0.29) is 22.9 Å². The van der Waals surface area contributed by atoms with Crippen molar-refractivity contribution >= 4 is 30.2 Å². The van der Waals surface area contributed by atoms with Crippen LogP contribution in [0.5, 0.6) is 5.75 Å². The van der Waals surface area contributed by atoms with E-state index in [1.807, 2.05) is 30.3 Å². The fourth-order valence-corrected chi connectivity index (χ4v) is 2.44. The van der Waals surface area contributed by atoms with Crippen LogP contribution in [0, 0.1) is 5.92 Å². The number of hydrogen-bond donors (Lipinski definition) is 4. The molecule has 0 aromatic heterocycles. The van der Waals surface area contributed by atoms with Gasteiger partial charge in [-0.2, -0.15) is 12.6 Å². The molecular formula is C17H17NO4S. The number of carboxylic acids is 1. The number of carboxylic acid groups (broad SMARTS) is 1. The normalized spacial score (nSPS) is 11.7. The number of carbonyl (C=O) groups excluding carboxylic acids is 1. The molecule has 0 aliphatic heterocycles. The number of amides is 1. The van der Waals surface area contributed by atoms with Gasteiger partial charge in [0.1, 0.15) is 5.75 Å². The van der Waals surface area contributed by atoms with Gasteiger partial charge in [-0.05, 0) is 30.2 Å². The monoisotopic (exact) mass is 331 g/mol. The van der Waals surface area contributed by atoms with Gasteiger partial charge in [0.2, 0.25) is 5.91 Å². The van der Waals surface area contributed by atoms with Crippen molar-refractivity contribution in [1.29, 1.82) is 0 Å². The molecule has 0 radical (unpaired) electrons. The van der Waals surface area contributed by atoms with Crippen LogP contribution in [-0.4, -0.2) is 27.8 Å². The Morgan fingerprint density at radius 1 is 1.13 bits per heavy atom. The van der Waals surface area contributed by atoms with Gasteiger partial charge in [-0.1, -0.05) is 30.3 Å². The molecule has 0 aliphatic carbocycles. The Balaban J connectivity index is 2.13. The molecule has 0 heterocycles. The number of rotatable bonds is 6. The molecular weight excluding hydrogens is 314 g/mol. The Morgan fingerprint density at radius 3 is 2.43 bits per heavy atom. The zero-order chi connectivity index (χ0) is 16.8. The molecule has 1 amide bonds. The number of hydrogen-bond acceptors (Lipinski definition) is 4. The SMILES string of the molecule is O=C(O)c1ccc(O)c(NC(=O)C(CS)Cc2ccccc2)c1. The molecule has 5 nitrogen and oxygen atoms in total. The zero-order valence-electron chi connectivity index (χ0n) is 12.3. The van der Waals surface area contributed by atoms with E-state index < -0.39 is 11.9 Å². The minimum atomic E-state index is -1.13. The molecule has 0 saturated carbocycles. The average molecular weight is 331 g/mol. The molecule has 3 N–H and O–H groups in total. The van der Waals surface area contributed by atoms with Gasteiger partial charge in [0.15, 0.2) is 0 Å². The van der Waals surface area contributed by atoms with Crippen molar-refractivity contribution in [3.8, 4) is 5.75 Å². The summed E-state index contributed by atoms with van der Waals surface area (Å²) in [6, 6.07) is 13.3. The molecule has 0 spiro atoms. The number of benzene rings is 2. The lowest BCUT2D eigenvalue weighted by Gasteiger charge is -2.15. The third kappa shape index (κ3) is 4.50. The standard InChI is InChI=1S/C17H17NO4S/c19-15-7-6-12(17(21)22)9-14(15)18-16(20)13(10-23)8-11-4-2-1-3-5-11/h1-7,9,13,19,23H,8,10H2,(H,18,20)(H,21,22). The van der Waals surface area contributed by atoms with Gasteiger partial charge >= 0.3 is 5.97 Å². The molecule has 2 rings (SSSR count). The van der Waals surface area contributed by atoms with Gasteiger partial charge < -0.3 is 15.5 Å². The Bertz CT molecular complexity index is 703. The summed E-state index contributed by atoms with van der Waals surface area (Å²) in [6.07, 6.45) is 0.509. The zero-order valence-corrected chi connectivity index (χ0v) is 13.2. The number of anilines is 1. The van der Waals surface area contributed by atoms with Crippen LogP contribution in [0.3, 0.4) is 0 Å². The highest BCUT2D eigenvalue weighted by Gasteiger charge is 2.19. The van der Waals surface area contributed by atoms with Gasteiger partial charge in [0, 0.05) is 5.75 Å². The number of thiol groups is 1. The van der Waals surface area contributed by atoms with E-state index in [1.165, 1.54) is 18.2 Å². The van der Waals surface area contributed by atoms with E-state index >= 15 is 0 Å². The fourth-order valence-electron chi connectivity index (χ4n) is 2.14. The first-order valence-corrected chi connectivity index (χ1v) is 7.66. The summed E-state index contributed by atoms with van der Waals surface area (Å²) in [6.45, 7) is 0. The maximum absolute atomic E-state index is 12.4. The predicted octanol–water partition coefficient (Wildman–Crippen LogP) is 2.82. The summed E-state index contributed by atoms with van der Waals surface area (Å²) in [5.74, 6) is -1.69. The highest BCUT2D eigenvalue weighted by Crippen LogP contribution is 2.25. The summed E-state index contributed by atoms with van der Waals surface area (Å²) in [4.78, 5) is 23.3. The Hall–Kier alpha value is -2.47. The van der Waals surface area contributed by atoms with Crippen molar-refractivity contribution in [3.63, 3.8) is 0 Å². The van der Waals surface area contributed by atoms with E-state index in [0.717, 1.165) is 5.56 Å². The first-order valence-electron chi connectivity index (χ1n) is 7.03. The Morgan fingerprint density at radius 2 is 1.83 bits per heavy atom. The van der Waals surface area contributed by atoms with Crippen LogP contribution in [-0.2, 0) is 11.2 Å². The summed E-state index contributed by atoms with van der Waals surface area (Å²) >= 11 is 4.21. The lowest BCUT2D eigenvalue weighted by molar-refractivity contribution is -0.119. The summed E-state index contributed by atoms with van der Waals surface area (Å²) in [7, 11) is 0. The van der Waals surface area contributed by atoms with Crippen LogP contribution in [0.1, 0.15) is 15.9 Å². The second-order valence-electron chi connectivity index (χ2n) is 5.10. The molecule has 23 heavy (non-hydrogen) atoms. The van der Waals surface area contributed by atoms with E-state index in [2.05, 4.69) is 17.9 Å². The summed E-state index contributed by atoms with van der Waals surface area (Å²) in [5, 5.41) is 21.3. The maximum Gasteiger partial charge on any atom is 0.335 e. The van der Waals surface area contributed by atoms with Crippen molar-refractivity contribution in [2.75, 3.05) is 11.1 Å². The topological polar surface area (TPSA) is 86.6 Å². The molecule has 0 bridgehead atoms. The Labute approximate surface area is 139 Å². The van der Waals surface area contributed by atoms with Gasteiger partial charge in [-0.15, -0.1) is 0 Å². The van der Waals surface area contributed by atoms with Crippen LogP contribution < -0.4 is 5.32 Å². The molecule has 1 unspecified atom stereocenters. The highest BCUT2D eigenvalue weighted by molar-refractivity contribution is 7.80. The molecule has 0 saturated heterocycles. The minimum absolute atomic E-state index is 0.0106. The quantitative estimate of drug-likeness (QED) is 0.484. The number of aromatic carboxylic acids is 1. The number of carbonyl (C=O) groups is 2. The van der Waals surface area contributed by atoms with E-state index in [9.17, 15) is 14.7 Å². The molecule has 6 heteroatoms. The van der Waals surface area contributed by atoms with Crippen LogP contribution in [0.15, 0.2) is 48.5 Å². The second-order valence-corrected chi connectivity index (χ2v) is 5.46. The molecule has 2 aromatic rings. The summed E-state index contributed by atoms with van der Waals surface area (Å²) < 4.78 is 0. The first-order chi connectivity index (χ1) is 11.0. The number of phenolic OH excluding ortho intramolecular Hbond substituents is 1. The molecule has 2 aromatic carbocycles. The van der Waals surface area contributed by atoms with Gasteiger partial charge in [0.25, 0.3) is 0 Å².